The number of hydrogen-bond donors (Lipinski definition) is 1. The van der Waals surface area contributed by atoms with Gasteiger partial charge < -0.3 is 10.1 Å². The van der Waals surface area contributed by atoms with E-state index in [0.29, 0.717) is 41.5 Å². The topological polar surface area (TPSA) is 90.5 Å². The lowest BCUT2D eigenvalue weighted by Gasteiger charge is -2.10. The second kappa shape index (κ2) is 9.48. The second-order valence-electron chi connectivity index (χ2n) is 6.64. The number of allylic oxidation sites excluding steroid dienone is 1. The second-order valence-corrected chi connectivity index (χ2v) is 7.58. The average Bonchev–Trinajstić information content (AvgIpc) is 3.23. The molecule has 0 aliphatic heterocycles. The Morgan fingerprint density at radius 1 is 1.13 bits per heavy atom. The van der Waals surface area contributed by atoms with Gasteiger partial charge in [0.2, 0.25) is 11.7 Å². The van der Waals surface area contributed by atoms with E-state index in [1.54, 1.807) is 16.5 Å². The van der Waals surface area contributed by atoms with Crippen molar-refractivity contribution in [1.29, 1.82) is 0 Å². The number of hydrogen-bond acceptors (Lipinski definition) is 6. The molecule has 0 aliphatic rings. The highest BCUT2D eigenvalue weighted by Gasteiger charge is 2.17. The molecule has 0 bridgehead atoms. The van der Waals surface area contributed by atoms with Gasteiger partial charge in [-0.2, -0.15) is 0 Å². The van der Waals surface area contributed by atoms with Crippen molar-refractivity contribution in [2.24, 2.45) is 0 Å². The molecule has 2 aromatic carbocycles. The highest BCUT2D eigenvalue weighted by Crippen LogP contribution is 2.21. The Morgan fingerprint density at radius 2 is 1.90 bits per heavy atom. The van der Waals surface area contributed by atoms with Crippen molar-refractivity contribution in [3.05, 3.63) is 77.6 Å². The van der Waals surface area contributed by atoms with Crippen LogP contribution in [0.2, 0.25) is 0 Å². The molecule has 2 aromatic heterocycles. The smallest absolute Gasteiger partial charge is 0.263 e. The summed E-state index contributed by atoms with van der Waals surface area (Å²) in [6.07, 6.45) is 1.64. The lowest BCUT2D eigenvalue weighted by atomic mass is 10.2. The van der Waals surface area contributed by atoms with E-state index >= 15 is 0 Å². The molecule has 0 aliphatic carbocycles. The molecule has 8 nitrogen and oxygen atoms in total. The maximum atomic E-state index is 12.8. The van der Waals surface area contributed by atoms with Crippen LogP contribution in [0.4, 0.5) is 0 Å². The number of nitrogens with one attached hydrogen (secondary N) is 1. The van der Waals surface area contributed by atoms with Gasteiger partial charge in [0.25, 0.3) is 5.56 Å². The van der Waals surface area contributed by atoms with Crippen LogP contribution in [0.25, 0.3) is 16.7 Å². The van der Waals surface area contributed by atoms with Gasteiger partial charge in [0.15, 0.2) is 5.16 Å². The molecule has 0 saturated carbocycles. The summed E-state index contributed by atoms with van der Waals surface area (Å²) in [6.45, 7) is 4.82. The summed E-state index contributed by atoms with van der Waals surface area (Å²) >= 11 is 1.26. The van der Waals surface area contributed by atoms with E-state index in [-0.39, 0.29) is 17.2 Å². The number of amides is 1. The number of aromatic nitrogens is 4. The largest absolute Gasteiger partial charge is 0.492 e. The first-order chi connectivity index (χ1) is 15.2. The van der Waals surface area contributed by atoms with Crippen molar-refractivity contribution in [1.82, 2.24) is 24.5 Å². The predicted octanol–water partition coefficient (Wildman–Crippen LogP) is 2.52. The van der Waals surface area contributed by atoms with Gasteiger partial charge >= 0.3 is 0 Å². The van der Waals surface area contributed by atoms with E-state index in [1.165, 1.54) is 16.3 Å². The normalized spacial score (nSPS) is 11.0. The minimum absolute atomic E-state index is 0.137. The Balaban J connectivity index is 1.46. The first kappa shape index (κ1) is 20.7. The maximum absolute atomic E-state index is 12.8. The number of carbonyl (C=O) groups is 1. The minimum atomic E-state index is -0.150. The van der Waals surface area contributed by atoms with E-state index in [4.69, 9.17) is 4.74 Å². The van der Waals surface area contributed by atoms with Crippen LogP contribution >= 0.6 is 11.8 Å². The van der Waals surface area contributed by atoms with Crippen LogP contribution in [0.5, 0.6) is 5.75 Å². The van der Waals surface area contributed by atoms with Crippen LogP contribution in [0.1, 0.15) is 0 Å². The zero-order chi connectivity index (χ0) is 21.6. The van der Waals surface area contributed by atoms with Crippen molar-refractivity contribution in [3.8, 4) is 5.75 Å². The summed E-state index contributed by atoms with van der Waals surface area (Å²) in [5.74, 6) is 1.21. The molecule has 0 spiro atoms. The summed E-state index contributed by atoms with van der Waals surface area (Å²) in [4.78, 5) is 25.1. The monoisotopic (exact) mass is 435 g/mol. The molecule has 4 aromatic rings. The molecule has 31 heavy (non-hydrogen) atoms. The molecule has 4 rings (SSSR count). The van der Waals surface area contributed by atoms with Crippen molar-refractivity contribution >= 4 is 34.3 Å². The molecule has 0 fully saturated rings. The number of rotatable bonds is 9. The van der Waals surface area contributed by atoms with Crippen LogP contribution in [0, 0.1) is 0 Å². The number of nitrogens with zero attached hydrogens (tertiary/aromatic N) is 4. The average molecular weight is 436 g/mol. The number of carbonyl (C=O) groups excluding carboxylic acids is 1. The van der Waals surface area contributed by atoms with Crippen LogP contribution in [0.3, 0.4) is 0 Å². The Labute approximate surface area is 182 Å². The van der Waals surface area contributed by atoms with Crippen LogP contribution in [-0.4, -0.2) is 44.0 Å². The number of fused-ring (bicyclic) bond motifs is 3. The zero-order valence-electron chi connectivity index (χ0n) is 16.7. The fourth-order valence-electron chi connectivity index (χ4n) is 3.18. The molecule has 0 radical (unpaired) electrons. The van der Waals surface area contributed by atoms with Gasteiger partial charge in [-0.1, -0.05) is 48.2 Å². The summed E-state index contributed by atoms with van der Waals surface area (Å²) < 4.78 is 8.90. The lowest BCUT2D eigenvalue weighted by molar-refractivity contribution is -0.118. The fourth-order valence-corrected chi connectivity index (χ4v) is 3.95. The Bertz CT molecular complexity index is 1280. The fraction of sp³-hybridized carbons (Fsp3) is 0.182. The Kier molecular flexibility index (Phi) is 6.32. The molecule has 9 heteroatoms. The molecule has 0 saturated heterocycles. The minimum Gasteiger partial charge on any atom is -0.492 e. The van der Waals surface area contributed by atoms with Crippen molar-refractivity contribution in [3.63, 3.8) is 0 Å². The highest BCUT2D eigenvalue weighted by molar-refractivity contribution is 7.99. The van der Waals surface area contributed by atoms with Crippen LogP contribution in [-0.2, 0) is 11.3 Å². The van der Waals surface area contributed by atoms with Gasteiger partial charge in [-0.15, -0.1) is 16.8 Å². The third-order valence-electron chi connectivity index (χ3n) is 4.56. The lowest BCUT2D eigenvalue weighted by Crippen LogP contribution is -2.29. The first-order valence-corrected chi connectivity index (χ1v) is 10.7. The van der Waals surface area contributed by atoms with Gasteiger partial charge in [0, 0.05) is 6.54 Å². The van der Waals surface area contributed by atoms with E-state index in [0.717, 1.165) is 5.75 Å². The standard InChI is InChI=1S/C22H21N5O3S/c1-2-13-26-20(29)17-10-6-7-11-18(17)27-21(26)24-25-22(27)31-15-19(28)23-12-14-30-16-8-4-3-5-9-16/h2-11H,1,12-15H2,(H,23,28). The van der Waals surface area contributed by atoms with Crippen LogP contribution in [0.15, 0.2) is 77.2 Å². The summed E-state index contributed by atoms with van der Waals surface area (Å²) in [5, 5.41) is 12.3. The van der Waals surface area contributed by atoms with E-state index in [1.807, 2.05) is 48.5 Å². The molecule has 1 N–H and O–H groups in total. The summed E-state index contributed by atoms with van der Waals surface area (Å²) in [5.41, 5.74) is 0.551. The molecule has 0 atom stereocenters. The van der Waals surface area contributed by atoms with Crippen molar-refractivity contribution < 1.29 is 9.53 Å². The molecule has 0 unspecified atom stereocenters. The van der Waals surface area contributed by atoms with Gasteiger partial charge in [0.05, 0.1) is 23.2 Å². The van der Waals surface area contributed by atoms with E-state index in [2.05, 4.69) is 22.1 Å². The highest BCUT2D eigenvalue weighted by atomic mass is 32.2. The van der Waals surface area contributed by atoms with E-state index < -0.39 is 0 Å². The number of para-hydroxylation sites is 2. The first-order valence-electron chi connectivity index (χ1n) is 9.74. The zero-order valence-corrected chi connectivity index (χ0v) is 17.5. The third kappa shape index (κ3) is 4.46. The molecular weight excluding hydrogens is 414 g/mol. The SMILES string of the molecule is C=CCn1c(=O)c2ccccc2n2c(SCC(=O)NCCOc3ccccc3)nnc12. The van der Waals surface area contributed by atoms with E-state index in [9.17, 15) is 9.59 Å². The van der Waals surface area contributed by atoms with Crippen LogP contribution < -0.4 is 15.6 Å². The Hall–Kier alpha value is -3.59. The van der Waals surface area contributed by atoms with Gasteiger partial charge in [0.1, 0.15) is 12.4 Å². The summed E-state index contributed by atoms with van der Waals surface area (Å²) in [7, 11) is 0. The summed E-state index contributed by atoms with van der Waals surface area (Å²) in [6, 6.07) is 16.7. The number of thioether (sulfide) groups is 1. The van der Waals surface area contributed by atoms with Gasteiger partial charge in [-0.25, -0.2) is 0 Å². The van der Waals surface area contributed by atoms with Crippen molar-refractivity contribution in [2.45, 2.75) is 11.7 Å². The maximum Gasteiger partial charge on any atom is 0.263 e. The quantitative estimate of drug-likeness (QED) is 0.247. The molecule has 1 amide bonds. The number of benzene rings is 2. The molecule has 2 heterocycles. The Morgan fingerprint density at radius 3 is 2.71 bits per heavy atom. The predicted molar refractivity (Wildman–Crippen MR) is 121 cm³/mol. The third-order valence-corrected chi connectivity index (χ3v) is 5.49. The molecule has 158 valence electrons. The van der Waals surface area contributed by atoms with Gasteiger partial charge in [-0.05, 0) is 24.3 Å². The van der Waals surface area contributed by atoms with Crippen molar-refractivity contribution in [2.75, 3.05) is 18.9 Å². The number of ether oxygens (including phenoxy) is 1. The van der Waals surface area contributed by atoms with Gasteiger partial charge in [-0.3, -0.25) is 18.6 Å². The molecular formula is C22H21N5O3S.